The van der Waals surface area contributed by atoms with Crippen LogP contribution in [0.5, 0.6) is 0 Å². The van der Waals surface area contributed by atoms with Gasteiger partial charge in [0.25, 0.3) is 5.91 Å². The van der Waals surface area contributed by atoms with Crippen LogP contribution in [0.1, 0.15) is 23.2 Å². The number of fused-ring (bicyclic) bond motifs is 1. The number of pyridine rings is 1. The molecule has 25 heavy (non-hydrogen) atoms. The molecule has 1 atom stereocenters. The molecule has 0 radical (unpaired) electrons. The van der Waals surface area contributed by atoms with Crippen LogP contribution >= 0.6 is 0 Å². The van der Waals surface area contributed by atoms with E-state index < -0.39 is 0 Å². The Bertz CT molecular complexity index is 742. The minimum absolute atomic E-state index is 0.0331. The number of carbonyl (C=O) groups excluding carboxylic acids is 1. The number of likely N-dealkylation sites (N-methyl/N-ethyl adjacent to an activating group) is 2. The fraction of sp³-hybridized carbons (Fsp3) is 0.647. The highest BCUT2D eigenvalue weighted by molar-refractivity contribution is 5.96. The number of aromatic nitrogens is 4. The summed E-state index contributed by atoms with van der Waals surface area (Å²) in [6.45, 7) is 3.59. The van der Waals surface area contributed by atoms with Gasteiger partial charge in [0.1, 0.15) is 5.52 Å². The van der Waals surface area contributed by atoms with Gasteiger partial charge in [0, 0.05) is 45.5 Å². The van der Waals surface area contributed by atoms with Crippen molar-refractivity contribution in [2.75, 3.05) is 47.3 Å². The van der Waals surface area contributed by atoms with E-state index in [-0.39, 0.29) is 5.91 Å². The Morgan fingerprint density at radius 2 is 2.12 bits per heavy atom. The first kappa shape index (κ1) is 17.8. The number of amides is 1. The molecule has 3 heterocycles. The predicted molar refractivity (Wildman–Crippen MR) is 96.4 cm³/mol. The predicted octanol–water partition coefficient (Wildman–Crippen LogP) is 0.461. The maximum Gasteiger partial charge on any atom is 0.255 e. The van der Waals surface area contributed by atoms with Gasteiger partial charge in [-0.3, -0.25) is 4.79 Å². The zero-order chi connectivity index (χ0) is 18.0. The summed E-state index contributed by atoms with van der Waals surface area (Å²) in [4.78, 5) is 23.7. The number of hydrogen-bond donors (Lipinski definition) is 0. The first-order valence-corrected chi connectivity index (χ1v) is 8.75. The standard InChI is InChI=1S/C17H27N7O/c1-21(2)8-9-22(3)14-6-5-7-24(12-14)17(25)13-10-15-16(18-11-13)23(4)20-19-15/h10-11,14H,5-9,12H2,1-4H3/t14-/m1/s1. The van der Waals surface area contributed by atoms with Crippen LogP contribution in [0.2, 0.25) is 0 Å². The van der Waals surface area contributed by atoms with E-state index >= 15 is 0 Å². The number of carbonyl (C=O) groups is 1. The SMILES string of the molecule is CN(C)CCN(C)[C@@H]1CCCN(C(=O)c2cnc3c(c2)nnn3C)C1. The Balaban J connectivity index is 1.68. The molecule has 0 unspecified atom stereocenters. The number of nitrogens with zero attached hydrogens (tertiary/aromatic N) is 7. The van der Waals surface area contributed by atoms with Gasteiger partial charge in [0.05, 0.1) is 5.56 Å². The summed E-state index contributed by atoms with van der Waals surface area (Å²) in [6.07, 6.45) is 3.80. The fourth-order valence-corrected chi connectivity index (χ4v) is 3.27. The highest BCUT2D eigenvalue weighted by Gasteiger charge is 2.27. The minimum Gasteiger partial charge on any atom is -0.337 e. The van der Waals surface area contributed by atoms with Gasteiger partial charge in [-0.05, 0) is 40.1 Å². The van der Waals surface area contributed by atoms with Crippen molar-refractivity contribution in [3.63, 3.8) is 0 Å². The van der Waals surface area contributed by atoms with E-state index in [4.69, 9.17) is 0 Å². The highest BCUT2D eigenvalue weighted by Crippen LogP contribution is 2.18. The second kappa shape index (κ2) is 7.45. The third-order valence-corrected chi connectivity index (χ3v) is 4.89. The summed E-state index contributed by atoms with van der Waals surface area (Å²) < 4.78 is 1.61. The molecule has 3 rings (SSSR count). The Kier molecular flexibility index (Phi) is 5.29. The lowest BCUT2D eigenvalue weighted by molar-refractivity contribution is 0.0603. The first-order chi connectivity index (χ1) is 12.0. The number of piperidine rings is 1. The largest absolute Gasteiger partial charge is 0.337 e. The Hall–Kier alpha value is -2.06. The maximum absolute atomic E-state index is 12.9. The zero-order valence-corrected chi connectivity index (χ0v) is 15.5. The van der Waals surface area contributed by atoms with Gasteiger partial charge in [0.15, 0.2) is 5.65 Å². The van der Waals surface area contributed by atoms with Gasteiger partial charge in [-0.25, -0.2) is 9.67 Å². The lowest BCUT2D eigenvalue weighted by Gasteiger charge is -2.38. The van der Waals surface area contributed by atoms with Crippen molar-refractivity contribution in [3.05, 3.63) is 17.8 Å². The molecule has 0 saturated carbocycles. The summed E-state index contributed by atoms with van der Waals surface area (Å²) in [6, 6.07) is 2.20. The molecule has 1 fully saturated rings. The molecule has 0 spiro atoms. The average molecular weight is 345 g/mol. The van der Waals surface area contributed by atoms with Crippen LogP contribution in [0.4, 0.5) is 0 Å². The molecule has 0 aromatic carbocycles. The second-order valence-electron chi connectivity index (χ2n) is 7.11. The van der Waals surface area contributed by atoms with Crippen molar-refractivity contribution in [2.24, 2.45) is 7.05 Å². The van der Waals surface area contributed by atoms with Crippen molar-refractivity contribution >= 4 is 17.1 Å². The van der Waals surface area contributed by atoms with Crippen LogP contribution in [0, 0.1) is 0 Å². The van der Waals surface area contributed by atoms with E-state index in [0.29, 0.717) is 22.8 Å². The van der Waals surface area contributed by atoms with Gasteiger partial charge >= 0.3 is 0 Å². The van der Waals surface area contributed by atoms with Crippen LogP contribution in [-0.4, -0.2) is 93.9 Å². The number of aryl methyl sites for hydroxylation is 1. The molecule has 136 valence electrons. The van der Waals surface area contributed by atoms with Gasteiger partial charge in [-0.2, -0.15) is 0 Å². The smallest absolute Gasteiger partial charge is 0.255 e. The molecule has 0 aliphatic carbocycles. The summed E-state index contributed by atoms with van der Waals surface area (Å²) in [5.41, 5.74) is 1.94. The molecule has 1 aliphatic rings. The lowest BCUT2D eigenvalue weighted by Crippen LogP contribution is -2.49. The Labute approximate surface area is 148 Å². The van der Waals surface area contributed by atoms with Crippen LogP contribution < -0.4 is 0 Å². The molecular formula is C17H27N7O. The summed E-state index contributed by atoms with van der Waals surface area (Å²) >= 11 is 0. The third-order valence-electron chi connectivity index (χ3n) is 4.89. The quantitative estimate of drug-likeness (QED) is 0.784. The lowest BCUT2D eigenvalue weighted by atomic mass is 10.0. The third kappa shape index (κ3) is 3.96. The first-order valence-electron chi connectivity index (χ1n) is 8.75. The van der Waals surface area contributed by atoms with E-state index in [1.54, 1.807) is 24.0 Å². The van der Waals surface area contributed by atoms with Gasteiger partial charge in [-0.1, -0.05) is 5.21 Å². The van der Waals surface area contributed by atoms with Crippen molar-refractivity contribution in [2.45, 2.75) is 18.9 Å². The van der Waals surface area contributed by atoms with Crippen molar-refractivity contribution in [3.8, 4) is 0 Å². The minimum atomic E-state index is 0.0331. The molecule has 8 nitrogen and oxygen atoms in total. The highest BCUT2D eigenvalue weighted by atomic mass is 16.2. The van der Waals surface area contributed by atoms with Crippen molar-refractivity contribution in [1.82, 2.24) is 34.7 Å². The van der Waals surface area contributed by atoms with E-state index in [9.17, 15) is 4.79 Å². The Morgan fingerprint density at radius 1 is 1.32 bits per heavy atom. The number of rotatable bonds is 5. The van der Waals surface area contributed by atoms with E-state index in [1.807, 2.05) is 4.90 Å². The number of hydrogen-bond acceptors (Lipinski definition) is 6. The molecule has 1 saturated heterocycles. The molecule has 0 bridgehead atoms. The van der Waals surface area contributed by atoms with Crippen molar-refractivity contribution < 1.29 is 4.79 Å². The topological polar surface area (TPSA) is 70.4 Å². The molecule has 2 aromatic heterocycles. The van der Waals surface area contributed by atoms with Crippen LogP contribution in [0.25, 0.3) is 11.2 Å². The molecule has 8 heteroatoms. The normalized spacial score (nSPS) is 18.5. The van der Waals surface area contributed by atoms with Crippen LogP contribution in [0.15, 0.2) is 12.3 Å². The average Bonchev–Trinajstić information content (AvgIpc) is 2.99. The summed E-state index contributed by atoms with van der Waals surface area (Å²) in [5.74, 6) is 0.0331. The molecule has 1 aliphatic heterocycles. The molecule has 1 amide bonds. The van der Waals surface area contributed by atoms with Crippen molar-refractivity contribution in [1.29, 1.82) is 0 Å². The maximum atomic E-state index is 12.9. The van der Waals surface area contributed by atoms with Gasteiger partial charge in [0.2, 0.25) is 0 Å². The molecule has 2 aromatic rings. The monoisotopic (exact) mass is 345 g/mol. The van der Waals surface area contributed by atoms with Gasteiger partial charge in [-0.15, -0.1) is 5.10 Å². The fourth-order valence-electron chi connectivity index (χ4n) is 3.27. The number of likely N-dealkylation sites (tertiary alicyclic amines) is 1. The van der Waals surface area contributed by atoms with Crippen LogP contribution in [-0.2, 0) is 7.05 Å². The summed E-state index contributed by atoms with van der Waals surface area (Å²) in [7, 11) is 8.11. The van der Waals surface area contributed by atoms with E-state index in [1.165, 1.54) is 0 Å². The van der Waals surface area contributed by atoms with Gasteiger partial charge < -0.3 is 14.7 Å². The van der Waals surface area contributed by atoms with Crippen LogP contribution in [0.3, 0.4) is 0 Å². The molecule has 0 N–H and O–H groups in total. The molecular weight excluding hydrogens is 318 g/mol. The second-order valence-corrected chi connectivity index (χ2v) is 7.11. The Morgan fingerprint density at radius 3 is 2.88 bits per heavy atom. The summed E-state index contributed by atoms with van der Waals surface area (Å²) in [5, 5.41) is 8.00. The zero-order valence-electron chi connectivity index (χ0n) is 15.5. The van der Waals surface area contributed by atoms with E-state index in [2.05, 4.69) is 46.2 Å². The van der Waals surface area contributed by atoms with E-state index in [0.717, 1.165) is 39.0 Å².